The summed E-state index contributed by atoms with van der Waals surface area (Å²) in [6, 6.07) is 5.12. The first kappa shape index (κ1) is 15.3. The number of aliphatic hydroxyl groups excluding tert-OH is 1. The molecule has 1 saturated heterocycles. The first-order chi connectivity index (χ1) is 9.41. The van der Waals surface area contributed by atoms with Crippen molar-refractivity contribution in [1.29, 1.82) is 0 Å². The molecule has 2 atom stereocenters. The van der Waals surface area contributed by atoms with Crippen LogP contribution in [0.4, 0.5) is 13.2 Å². The van der Waals surface area contributed by atoms with Crippen molar-refractivity contribution in [1.82, 2.24) is 10.2 Å². The summed E-state index contributed by atoms with van der Waals surface area (Å²) in [7, 11) is 0. The van der Waals surface area contributed by atoms with Gasteiger partial charge in [0.15, 0.2) is 0 Å². The van der Waals surface area contributed by atoms with Crippen molar-refractivity contribution in [3.05, 3.63) is 35.4 Å². The van der Waals surface area contributed by atoms with E-state index >= 15 is 0 Å². The molecular formula is C14H19F3N2O. The summed E-state index contributed by atoms with van der Waals surface area (Å²) in [5.74, 6) is 0. The smallest absolute Gasteiger partial charge is 0.394 e. The maximum Gasteiger partial charge on any atom is 0.416 e. The zero-order valence-corrected chi connectivity index (χ0v) is 11.3. The first-order valence-electron chi connectivity index (χ1n) is 6.67. The third-order valence-electron chi connectivity index (χ3n) is 3.64. The van der Waals surface area contributed by atoms with Gasteiger partial charge in [-0.15, -0.1) is 0 Å². The topological polar surface area (TPSA) is 35.5 Å². The summed E-state index contributed by atoms with van der Waals surface area (Å²) in [5, 5.41) is 12.9. The lowest BCUT2D eigenvalue weighted by atomic mass is 10.0. The fourth-order valence-electron chi connectivity index (χ4n) is 2.57. The van der Waals surface area contributed by atoms with E-state index in [1.165, 1.54) is 12.1 Å². The molecule has 3 nitrogen and oxygen atoms in total. The Morgan fingerprint density at radius 1 is 1.35 bits per heavy atom. The van der Waals surface area contributed by atoms with E-state index in [0.29, 0.717) is 6.04 Å². The van der Waals surface area contributed by atoms with Crippen molar-refractivity contribution in [3.63, 3.8) is 0 Å². The molecule has 6 heteroatoms. The fraction of sp³-hybridized carbons (Fsp3) is 0.571. The molecule has 2 rings (SSSR count). The number of alkyl halides is 3. The Bertz CT molecular complexity index is 433. The molecule has 1 aliphatic rings. The lowest BCUT2D eigenvalue weighted by Crippen LogP contribution is -2.50. The van der Waals surface area contributed by atoms with Crippen molar-refractivity contribution in [2.24, 2.45) is 0 Å². The number of aliphatic hydroxyl groups is 1. The van der Waals surface area contributed by atoms with E-state index in [1.807, 2.05) is 6.92 Å². The largest absolute Gasteiger partial charge is 0.416 e. The quantitative estimate of drug-likeness (QED) is 0.893. The Morgan fingerprint density at radius 2 is 2.00 bits per heavy atom. The van der Waals surface area contributed by atoms with Gasteiger partial charge in [-0.2, -0.15) is 13.2 Å². The summed E-state index contributed by atoms with van der Waals surface area (Å²) in [6.07, 6.45) is -4.32. The van der Waals surface area contributed by atoms with Gasteiger partial charge in [-0.1, -0.05) is 12.1 Å². The van der Waals surface area contributed by atoms with Crippen LogP contribution in [0.1, 0.15) is 24.1 Å². The van der Waals surface area contributed by atoms with Crippen LogP contribution in [0.2, 0.25) is 0 Å². The minimum absolute atomic E-state index is 0.0991. The van der Waals surface area contributed by atoms with E-state index in [0.717, 1.165) is 37.3 Å². The fourth-order valence-corrected chi connectivity index (χ4v) is 2.57. The highest BCUT2D eigenvalue weighted by Crippen LogP contribution is 2.31. The average molecular weight is 288 g/mol. The highest BCUT2D eigenvalue weighted by atomic mass is 19.4. The predicted molar refractivity (Wildman–Crippen MR) is 70.3 cm³/mol. The van der Waals surface area contributed by atoms with Crippen LogP contribution in [0.25, 0.3) is 0 Å². The second-order valence-electron chi connectivity index (χ2n) is 5.17. The predicted octanol–water partition coefficient (Wildman–Crippen LogP) is 2.03. The maximum atomic E-state index is 12.5. The Balaban J connectivity index is 2.15. The Morgan fingerprint density at radius 3 is 2.50 bits per heavy atom. The number of rotatable bonds is 3. The van der Waals surface area contributed by atoms with Crippen LogP contribution in [-0.2, 0) is 6.18 Å². The summed E-state index contributed by atoms with van der Waals surface area (Å²) in [5.41, 5.74) is 0.0567. The van der Waals surface area contributed by atoms with Crippen LogP contribution in [0.3, 0.4) is 0 Å². The number of piperazine rings is 1. The zero-order chi connectivity index (χ0) is 14.8. The van der Waals surface area contributed by atoms with Crippen LogP contribution in [0.15, 0.2) is 24.3 Å². The van der Waals surface area contributed by atoms with Gasteiger partial charge in [0.05, 0.1) is 18.2 Å². The lowest BCUT2D eigenvalue weighted by molar-refractivity contribution is -0.137. The summed E-state index contributed by atoms with van der Waals surface area (Å²) in [4.78, 5) is 2.10. The molecular weight excluding hydrogens is 269 g/mol. The van der Waals surface area contributed by atoms with Gasteiger partial charge < -0.3 is 10.4 Å². The van der Waals surface area contributed by atoms with E-state index in [-0.39, 0.29) is 12.6 Å². The van der Waals surface area contributed by atoms with Gasteiger partial charge in [-0.05, 0) is 24.6 Å². The van der Waals surface area contributed by atoms with Crippen molar-refractivity contribution >= 4 is 0 Å². The highest BCUT2D eigenvalue weighted by Gasteiger charge is 2.31. The number of hydrogen-bond donors (Lipinski definition) is 2. The highest BCUT2D eigenvalue weighted by molar-refractivity contribution is 5.27. The molecule has 0 aliphatic carbocycles. The molecule has 0 aromatic heterocycles. The van der Waals surface area contributed by atoms with Crippen molar-refractivity contribution in [2.75, 3.05) is 26.2 Å². The van der Waals surface area contributed by atoms with E-state index in [2.05, 4.69) is 10.2 Å². The van der Waals surface area contributed by atoms with E-state index < -0.39 is 11.7 Å². The monoisotopic (exact) mass is 288 g/mol. The molecule has 1 aliphatic heterocycles. The van der Waals surface area contributed by atoms with E-state index in [4.69, 9.17) is 0 Å². The molecule has 0 radical (unpaired) electrons. The van der Waals surface area contributed by atoms with E-state index in [1.54, 1.807) is 0 Å². The van der Waals surface area contributed by atoms with Gasteiger partial charge >= 0.3 is 6.18 Å². The number of nitrogens with one attached hydrogen (secondary N) is 1. The van der Waals surface area contributed by atoms with Gasteiger partial charge in [0, 0.05) is 25.7 Å². The third-order valence-corrected chi connectivity index (χ3v) is 3.64. The molecule has 1 aromatic rings. The SMILES string of the molecule is CC1CN(C(CO)c2ccc(C(F)(F)F)cc2)CCN1. The summed E-state index contributed by atoms with van der Waals surface area (Å²) >= 11 is 0. The van der Waals surface area contributed by atoms with Crippen LogP contribution < -0.4 is 5.32 Å². The number of nitrogens with zero attached hydrogens (tertiary/aromatic N) is 1. The van der Waals surface area contributed by atoms with Crippen molar-refractivity contribution in [2.45, 2.75) is 25.2 Å². The number of hydrogen-bond acceptors (Lipinski definition) is 3. The van der Waals surface area contributed by atoms with Gasteiger partial charge in [0.2, 0.25) is 0 Å². The average Bonchev–Trinajstić information content (AvgIpc) is 2.39. The molecule has 0 saturated carbocycles. The molecule has 0 bridgehead atoms. The molecule has 112 valence electrons. The van der Waals surface area contributed by atoms with E-state index in [9.17, 15) is 18.3 Å². The Kier molecular flexibility index (Phi) is 4.67. The van der Waals surface area contributed by atoms with Crippen LogP contribution in [0, 0.1) is 0 Å². The molecule has 0 spiro atoms. The maximum absolute atomic E-state index is 12.5. The number of benzene rings is 1. The second kappa shape index (κ2) is 6.11. The molecule has 1 aromatic carbocycles. The minimum Gasteiger partial charge on any atom is -0.394 e. The van der Waals surface area contributed by atoms with Crippen LogP contribution >= 0.6 is 0 Å². The normalized spacial score (nSPS) is 22.8. The third kappa shape index (κ3) is 3.50. The molecule has 1 fully saturated rings. The van der Waals surface area contributed by atoms with Gasteiger partial charge in [-0.25, -0.2) is 0 Å². The second-order valence-corrected chi connectivity index (χ2v) is 5.17. The first-order valence-corrected chi connectivity index (χ1v) is 6.67. The molecule has 20 heavy (non-hydrogen) atoms. The van der Waals surface area contributed by atoms with Crippen LogP contribution in [0.5, 0.6) is 0 Å². The lowest BCUT2D eigenvalue weighted by Gasteiger charge is -2.37. The van der Waals surface area contributed by atoms with Gasteiger partial charge in [0.25, 0.3) is 0 Å². The van der Waals surface area contributed by atoms with Gasteiger partial charge in [0.1, 0.15) is 0 Å². The minimum atomic E-state index is -4.32. The summed E-state index contributed by atoms with van der Waals surface area (Å²) in [6.45, 7) is 4.31. The molecule has 1 heterocycles. The Hall–Kier alpha value is -1.11. The van der Waals surface area contributed by atoms with Crippen molar-refractivity contribution in [3.8, 4) is 0 Å². The summed E-state index contributed by atoms with van der Waals surface area (Å²) < 4.78 is 37.6. The Labute approximate surface area is 116 Å². The van der Waals surface area contributed by atoms with Crippen LogP contribution in [-0.4, -0.2) is 42.3 Å². The number of halogens is 3. The van der Waals surface area contributed by atoms with Gasteiger partial charge in [-0.3, -0.25) is 4.90 Å². The molecule has 0 amide bonds. The zero-order valence-electron chi connectivity index (χ0n) is 11.3. The molecule has 2 N–H and O–H groups in total. The standard InChI is InChI=1S/C14H19F3N2O/c1-10-8-19(7-6-18-10)13(9-20)11-2-4-12(5-3-11)14(15,16)17/h2-5,10,13,18,20H,6-9H2,1H3. The molecule has 2 unspecified atom stereocenters. The van der Waals surface area contributed by atoms with Crippen molar-refractivity contribution < 1.29 is 18.3 Å².